The second kappa shape index (κ2) is 10.7. The largest absolute Gasteiger partial charge is 0.394 e. The van der Waals surface area contributed by atoms with Crippen LogP contribution in [0.2, 0.25) is 0 Å². The highest BCUT2D eigenvalue weighted by molar-refractivity contribution is 5.85. The molecule has 256 valence electrons. The van der Waals surface area contributed by atoms with E-state index >= 15 is 0 Å². The van der Waals surface area contributed by atoms with E-state index in [1.807, 2.05) is 0 Å². The number of nitrogens with one attached hydrogen (secondary N) is 1. The molecule has 6 rings (SSSR count). The molecule has 1 amide bonds. The van der Waals surface area contributed by atoms with E-state index in [1.165, 1.54) is 5.57 Å². The lowest BCUT2D eigenvalue weighted by Crippen LogP contribution is -2.70. The Kier molecular flexibility index (Phi) is 8.05. The van der Waals surface area contributed by atoms with Gasteiger partial charge >= 0.3 is 0 Å². The summed E-state index contributed by atoms with van der Waals surface area (Å²) < 4.78 is 5.69. The second-order valence-electron chi connectivity index (χ2n) is 18.1. The van der Waals surface area contributed by atoms with Crippen LogP contribution in [0.25, 0.3) is 0 Å². The minimum atomic E-state index is -1.60. The molecular weight excluding hydrogens is 574 g/mol. The monoisotopic (exact) mass is 633 g/mol. The van der Waals surface area contributed by atoms with Crippen molar-refractivity contribution in [2.45, 2.75) is 149 Å². The van der Waals surface area contributed by atoms with Crippen LogP contribution in [0.15, 0.2) is 11.6 Å². The standard InChI is InChI=1S/C36H59NO8/c1-31(2)14-15-36(30(44)37-29-28(43)27(42)26(41)21(18-38)45-29)20(16-31)19-8-9-23-33(5)12-11-24(39)32(3,4)22(33)10-13-34(23,6)35(19,7)17-25(36)40/h8,20-29,38-43H,9-18H2,1-7H3,(H,37,44)/t20?,21?,22?,23?,24-,25+,26+,27?,28?,29-,33-,34+,35+,36+/m0/s1. The Balaban J connectivity index is 1.38. The molecule has 1 heterocycles. The first-order valence-corrected chi connectivity index (χ1v) is 17.5. The van der Waals surface area contributed by atoms with Crippen LogP contribution in [0.4, 0.5) is 0 Å². The van der Waals surface area contributed by atoms with Gasteiger partial charge in [-0.25, -0.2) is 0 Å². The van der Waals surface area contributed by atoms with E-state index in [0.29, 0.717) is 24.7 Å². The van der Waals surface area contributed by atoms with Gasteiger partial charge in [0.05, 0.1) is 24.2 Å². The first-order chi connectivity index (χ1) is 20.8. The van der Waals surface area contributed by atoms with Crippen LogP contribution in [0, 0.1) is 50.2 Å². The Bertz CT molecular complexity index is 1220. The van der Waals surface area contributed by atoms with Gasteiger partial charge < -0.3 is 40.7 Å². The van der Waals surface area contributed by atoms with Gasteiger partial charge in [0, 0.05) is 0 Å². The minimum Gasteiger partial charge on any atom is -0.394 e. The number of amides is 1. The van der Waals surface area contributed by atoms with Gasteiger partial charge in [-0.1, -0.05) is 60.1 Å². The Morgan fingerprint density at radius 2 is 1.53 bits per heavy atom. The zero-order valence-corrected chi connectivity index (χ0v) is 28.4. The molecule has 45 heavy (non-hydrogen) atoms. The molecule has 0 aromatic rings. The van der Waals surface area contributed by atoms with Crippen molar-refractivity contribution in [2.24, 2.45) is 50.2 Å². The number of carbonyl (C=O) groups excluding carboxylic acids is 1. The van der Waals surface area contributed by atoms with Crippen LogP contribution in [0.5, 0.6) is 0 Å². The molecule has 9 nitrogen and oxygen atoms in total. The first-order valence-electron chi connectivity index (χ1n) is 17.5. The van der Waals surface area contributed by atoms with Crippen LogP contribution in [0.3, 0.4) is 0 Å². The number of fused-ring (bicyclic) bond motifs is 7. The van der Waals surface area contributed by atoms with Gasteiger partial charge in [0.15, 0.2) is 6.23 Å². The highest BCUT2D eigenvalue weighted by atomic mass is 16.6. The van der Waals surface area contributed by atoms with E-state index in [1.54, 1.807) is 0 Å². The van der Waals surface area contributed by atoms with Gasteiger partial charge in [-0.3, -0.25) is 4.79 Å². The number of allylic oxidation sites excluding steroid dienone is 2. The van der Waals surface area contributed by atoms with Crippen LogP contribution in [0.1, 0.15) is 106 Å². The number of aliphatic hydroxyl groups is 6. The number of carbonyl (C=O) groups is 1. The van der Waals surface area contributed by atoms with E-state index in [0.717, 1.165) is 44.9 Å². The second-order valence-corrected chi connectivity index (χ2v) is 18.1. The Hall–Kier alpha value is -1.07. The SMILES string of the molecule is CC1(C)CC[C@@]2(C(=O)N[C@H]3OC(CO)[C@@H](O)C(O)C3O)C(C1)C1=CCC3[C@@]4(C)CC[C@H](O)C(C)(C)C4CC[C@@]3(C)[C@]1(C)C[C@H]2O. The quantitative estimate of drug-likeness (QED) is 0.234. The summed E-state index contributed by atoms with van der Waals surface area (Å²) in [4.78, 5) is 14.5. The summed E-state index contributed by atoms with van der Waals surface area (Å²) in [7, 11) is 0. The topological polar surface area (TPSA) is 160 Å². The highest BCUT2D eigenvalue weighted by Gasteiger charge is 2.71. The van der Waals surface area contributed by atoms with Crippen molar-refractivity contribution in [1.82, 2.24) is 5.32 Å². The molecule has 1 saturated heterocycles. The van der Waals surface area contributed by atoms with Crippen molar-refractivity contribution in [3.05, 3.63) is 11.6 Å². The Labute approximate surface area is 268 Å². The minimum absolute atomic E-state index is 0.0404. The number of ether oxygens (including phenoxy) is 1. The summed E-state index contributed by atoms with van der Waals surface area (Å²) in [6.07, 6.45) is 1.21. The predicted molar refractivity (Wildman–Crippen MR) is 168 cm³/mol. The third kappa shape index (κ3) is 4.54. The van der Waals surface area contributed by atoms with Gasteiger partial charge in [-0.05, 0) is 103 Å². The third-order valence-electron chi connectivity index (χ3n) is 15.3. The summed E-state index contributed by atoms with van der Waals surface area (Å²) in [6, 6.07) is 0. The zero-order valence-electron chi connectivity index (χ0n) is 28.4. The number of hydrogen-bond acceptors (Lipinski definition) is 8. The molecule has 4 saturated carbocycles. The maximum atomic E-state index is 14.5. The average Bonchev–Trinajstić information content (AvgIpc) is 2.95. The maximum Gasteiger partial charge on any atom is 0.231 e. The van der Waals surface area contributed by atoms with Gasteiger partial charge in [0.2, 0.25) is 5.91 Å². The van der Waals surface area contributed by atoms with Crippen molar-refractivity contribution in [3.8, 4) is 0 Å². The molecular formula is C36H59NO8. The average molecular weight is 634 g/mol. The summed E-state index contributed by atoms with van der Waals surface area (Å²) in [5, 5.41) is 67.4. The van der Waals surface area contributed by atoms with E-state index in [9.17, 15) is 35.4 Å². The van der Waals surface area contributed by atoms with Crippen molar-refractivity contribution < 1.29 is 40.2 Å². The van der Waals surface area contributed by atoms with Crippen LogP contribution < -0.4 is 5.32 Å². The molecule has 9 heteroatoms. The number of hydrogen-bond donors (Lipinski definition) is 7. The predicted octanol–water partition coefficient (Wildman–Crippen LogP) is 3.04. The molecule has 0 aromatic carbocycles. The fourth-order valence-electron chi connectivity index (χ4n) is 12.2. The molecule has 14 atom stereocenters. The zero-order chi connectivity index (χ0) is 33.1. The summed E-state index contributed by atoms with van der Waals surface area (Å²) in [5.41, 5.74) is -0.413. The van der Waals surface area contributed by atoms with Gasteiger partial charge in [0.1, 0.15) is 24.4 Å². The summed E-state index contributed by atoms with van der Waals surface area (Å²) >= 11 is 0. The van der Waals surface area contributed by atoms with Crippen molar-refractivity contribution >= 4 is 5.91 Å². The van der Waals surface area contributed by atoms with Crippen molar-refractivity contribution in [2.75, 3.05) is 6.61 Å². The Morgan fingerprint density at radius 1 is 0.844 bits per heavy atom. The van der Waals surface area contributed by atoms with E-state index < -0.39 is 54.7 Å². The van der Waals surface area contributed by atoms with Gasteiger partial charge in [-0.2, -0.15) is 0 Å². The maximum absolute atomic E-state index is 14.5. The fraction of sp³-hybridized carbons (Fsp3) is 0.917. The molecule has 0 radical (unpaired) electrons. The summed E-state index contributed by atoms with van der Waals surface area (Å²) in [5.74, 6) is 0.181. The molecule has 6 unspecified atom stereocenters. The van der Waals surface area contributed by atoms with Crippen molar-refractivity contribution in [3.63, 3.8) is 0 Å². The molecule has 7 N–H and O–H groups in total. The van der Waals surface area contributed by atoms with E-state index in [2.05, 4.69) is 59.9 Å². The molecule has 1 aliphatic heterocycles. The molecule has 5 aliphatic carbocycles. The fourth-order valence-corrected chi connectivity index (χ4v) is 12.2. The van der Waals surface area contributed by atoms with Crippen molar-refractivity contribution in [1.29, 1.82) is 0 Å². The van der Waals surface area contributed by atoms with Crippen LogP contribution in [-0.2, 0) is 9.53 Å². The highest BCUT2D eigenvalue weighted by Crippen LogP contribution is 2.75. The molecule has 0 aromatic heterocycles. The van der Waals surface area contributed by atoms with E-state index in [-0.39, 0.29) is 39.1 Å². The molecule has 5 fully saturated rings. The number of aliphatic hydroxyl groups excluding tert-OH is 6. The van der Waals surface area contributed by atoms with Crippen LogP contribution >= 0.6 is 0 Å². The van der Waals surface area contributed by atoms with E-state index in [4.69, 9.17) is 4.74 Å². The summed E-state index contributed by atoms with van der Waals surface area (Å²) in [6.45, 7) is 15.6. The Morgan fingerprint density at radius 3 is 2.20 bits per heavy atom. The lowest BCUT2D eigenvalue weighted by Gasteiger charge is -2.71. The number of rotatable bonds is 3. The lowest BCUT2D eigenvalue weighted by atomic mass is 9.33. The lowest BCUT2D eigenvalue weighted by molar-refractivity contribution is -0.240. The van der Waals surface area contributed by atoms with Gasteiger partial charge in [0.25, 0.3) is 0 Å². The molecule has 0 spiro atoms. The molecule has 6 aliphatic rings. The molecule has 0 bridgehead atoms. The normalized spacial score (nSPS) is 53.6. The van der Waals surface area contributed by atoms with Crippen LogP contribution in [-0.4, -0.2) is 86.0 Å². The van der Waals surface area contributed by atoms with Gasteiger partial charge in [-0.15, -0.1) is 0 Å². The third-order valence-corrected chi connectivity index (χ3v) is 15.3. The first kappa shape index (κ1) is 33.8. The smallest absolute Gasteiger partial charge is 0.231 e.